The normalized spacial score (nSPS) is 19.1. The third kappa shape index (κ3) is 3.85. The van der Waals surface area contributed by atoms with Crippen LogP contribution in [0.4, 0.5) is 5.69 Å². The number of piperidine rings is 1. The Morgan fingerprint density at radius 2 is 2.07 bits per heavy atom. The molecule has 0 radical (unpaired) electrons. The monoisotopic (exact) mass is 422 g/mol. The zero-order valence-electron chi connectivity index (χ0n) is 16.6. The molecule has 7 heteroatoms. The van der Waals surface area contributed by atoms with Crippen LogP contribution in [0.15, 0.2) is 53.1 Å². The van der Waals surface area contributed by atoms with Crippen LogP contribution in [0.25, 0.3) is 11.4 Å². The molecule has 5 rings (SSSR count). The van der Waals surface area contributed by atoms with Crippen molar-refractivity contribution in [2.45, 2.75) is 25.8 Å². The van der Waals surface area contributed by atoms with Gasteiger partial charge in [0.25, 0.3) is 0 Å². The number of fused-ring (bicyclic) bond motifs is 1. The number of hydrogen-bond acceptors (Lipinski definition) is 5. The first-order valence-electron chi connectivity index (χ1n) is 10.4. The van der Waals surface area contributed by atoms with Crippen LogP contribution < -0.4 is 4.90 Å². The second-order valence-corrected chi connectivity index (χ2v) is 8.40. The molecule has 0 N–H and O–H groups in total. The van der Waals surface area contributed by atoms with Crippen LogP contribution in [0, 0.1) is 5.92 Å². The standard InChI is InChI=1S/C23H23ClN4O2/c24-19-8-3-6-17(13-19)22-25-21(30-26-22)15-27-11-4-7-18(14-27)23(29)28-12-10-16-5-1-2-9-20(16)28/h1-3,5-6,8-9,13,18H,4,7,10-12,14-15H2. The highest BCUT2D eigenvalue weighted by Crippen LogP contribution is 2.31. The topological polar surface area (TPSA) is 62.5 Å². The molecule has 2 aromatic carbocycles. The summed E-state index contributed by atoms with van der Waals surface area (Å²) in [6, 6.07) is 15.6. The van der Waals surface area contributed by atoms with E-state index in [0.717, 1.165) is 43.6 Å². The van der Waals surface area contributed by atoms with Crippen molar-refractivity contribution in [2.24, 2.45) is 5.92 Å². The van der Waals surface area contributed by atoms with Gasteiger partial charge in [-0.2, -0.15) is 4.98 Å². The molecule has 6 nitrogen and oxygen atoms in total. The van der Waals surface area contributed by atoms with Crippen molar-refractivity contribution in [1.82, 2.24) is 15.0 Å². The predicted molar refractivity (Wildman–Crippen MR) is 115 cm³/mol. The largest absolute Gasteiger partial charge is 0.338 e. The number of halogens is 1. The number of benzene rings is 2. The molecule has 0 spiro atoms. The lowest BCUT2D eigenvalue weighted by molar-refractivity contribution is -0.124. The molecule has 1 unspecified atom stereocenters. The van der Waals surface area contributed by atoms with Crippen molar-refractivity contribution < 1.29 is 9.32 Å². The number of likely N-dealkylation sites (tertiary alicyclic amines) is 1. The first-order chi connectivity index (χ1) is 14.7. The van der Waals surface area contributed by atoms with Gasteiger partial charge in [0.15, 0.2) is 0 Å². The van der Waals surface area contributed by atoms with Crippen LogP contribution in [0.1, 0.15) is 24.3 Å². The highest BCUT2D eigenvalue weighted by Gasteiger charge is 2.33. The Morgan fingerprint density at radius 3 is 2.97 bits per heavy atom. The van der Waals surface area contributed by atoms with Crippen LogP contribution in [0.5, 0.6) is 0 Å². The highest BCUT2D eigenvalue weighted by atomic mass is 35.5. The van der Waals surface area contributed by atoms with Crippen molar-refractivity contribution >= 4 is 23.2 Å². The lowest BCUT2D eigenvalue weighted by Crippen LogP contribution is -2.44. The number of hydrogen-bond donors (Lipinski definition) is 0. The summed E-state index contributed by atoms with van der Waals surface area (Å²) in [6.07, 6.45) is 2.85. The van der Waals surface area contributed by atoms with E-state index in [1.165, 1.54) is 5.56 Å². The second kappa shape index (κ2) is 8.20. The molecule has 1 saturated heterocycles. The van der Waals surface area contributed by atoms with E-state index in [9.17, 15) is 4.79 Å². The van der Waals surface area contributed by atoms with Crippen molar-refractivity contribution in [1.29, 1.82) is 0 Å². The van der Waals surface area contributed by atoms with Gasteiger partial charge in [0, 0.05) is 29.4 Å². The fraction of sp³-hybridized carbons (Fsp3) is 0.348. The Labute approximate surface area is 180 Å². The van der Waals surface area contributed by atoms with Gasteiger partial charge in [-0.15, -0.1) is 0 Å². The smallest absolute Gasteiger partial charge is 0.241 e. The maximum absolute atomic E-state index is 13.2. The first kappa shape index (κ1) is 19.3. The zero-order chi connectivity index (χ0) is 20.5. The molecule has 1 atom stereocenters. The number of carbonyl (C=O) groups is 1. The Balaban J connectivity index is 1.25. The number of para-hydroxylation sites is 1. The van der Waals surface area contributed by atoms with Gasteiger partial charge < -0.3 is 9.42 Å². The fourth-order valence-corrected chi connectivity index (χ4v) is 4.63. The first-order valence-corrected chi connectivity index (χ1v) is 10.8. The SMILES string of the molecule is O=C(C1CCCN(Cc2nc(-c3cccc(Cl)c3)no2)C1)N1CCc2ccccc21. The number of rotatable bonds is 4. The quantitative estimate of drug-likeness (QED) is 0.630. The van der Waals surface area contributed by atoms with E-state index in [4.69, 9.17) is 16.1 Å². The van der Waals surface area contributed by atoms with Crippen molar-refractivity contribution in [2.75, 3.05) is 24.5 Å². The molecule has 1 fully saturated rings. The predicted octanol–water partition coefficient (Wildman–Crippen LogP) is 4.19. The maximum Gasteiger partial charge on any atom is 0.241 e. The van der Waals surface area contributed by atoms with Gasteiger partial charge in [-0.05, 0) is 49.6 Å². The average molecular weight is 423 g/mol. The minimum absolute atomic E-state index is 0.000211. The minimum Gasteiger partial charge on any atom is -0.338 e. The molecule has 0 aliphatic carbocycles. The third-order valence-electron chi connectivity index (χ3n) is 5.92. The van der Waals surface area contributed by atoms with Crippen molar-refractivity contribution in [3.63, 3.8) is 0 Å². The summed E-state index contributed by atoms with van der Waals surface area (Å²) in [5, 5.41) is 4.73. The molecular formula is C23H23ClN4O2. The van der Waals surface area contributed by atoms with Gasteiger partial charge >= 0.3 is 0 Å². The Hall–Kier alpha value is -2.70. The summed E-state index contributed by atoms with van der Waals surface area (Å²) in [4.78, 5) is 21.9. The highest BCUT2D eigenvalue weighted by molar-refractivity contribution is 6.30. The third-order valence-corrected chi connectivity index (χ3v) is 6.15. The molecule has 2 aliphatic heterocycles. The molecule has 1 amide bonds. The summed E-state index contributed by atoms with van der Waals surface area (Å²) < 4.78 is 5.46. The van der Waals surface area contributed by atoms with E-state index in [0.29, 0.717) is 29.8 Å². The molecule has 3 aromatic rings. The van der Waals surface area contributed by atoms with Gasteiger partial charge in [0.05, 0.1) is 12.5 Å². The lowest BCUT2D eigenvalue weighted by atomic mass is 9.96. The van der Waals surface area contributed by atoms with Gasteiger partial charge in [0.2, 0.25) is 17.6 Å². The number of anilines is 1. The maximum atomic E-state index is 13.2. The Kier molecular flexibility index (Phi) is 5.27. The second-order valence-electron chi connectivity index (χ2n) is 7.96. The molecule has 0 bridgehead atoms. The van der Waals surface area contributed by atoms with Crippen molar-refractivity contribution in [3.05, 3.63) is 65.0 Å². The minimum atomic E-state index is 0.000211. The summed E-state index contributed by atoms with van der Waals surface area (Å²) >= 11 is 6.06. The van der Waals surface area contributed by atoms with Gasteiger partial charge in [-0.1, -0.05) is 47.1 Å². The molecule has 1 aromatic heterocycles. The van der Waals surface area contributed by atoms with Gasteiger partial charge in [0.1, 0.15) is 0 Å². The summed E-state index contributed by atoms with van der Waals surface area (Å²) in [7, 11) is 0. The zero-order valence-corrected chi connectivity index (χ0v) is 17.4. The molecule has 0 saturated carbocycles. The van der Waals surface area contributed by atoms with E-state index in [1.807, 2.05) is 41.3 Å². The lowest BCUT2D eigenvalue weighted by Gasteiger charge is -2.33. The van der Waals surface area contributed by atoms with Crippen LogP contribution in [-0.2, 0) is 17.8 Å². The summed E-state index contributed by atoms with van der Waals surface area (Å²) in [5.41, 5.74) is 3.16. The van der Waals surface area contributed by atoms with E-state index in [2.05, 4.69) is 27.2 Å². The fourth-order valence-electron chi connectivity index (χ4n) is 4.44. The van der Waals surface area contributed by atoms with E-state index >= 15 is 0 Å². The molecule has 30 heavy (non-hydrogen) atoms. The van der Waals surface area contributed by atoms with Crippen LogP contribution in [-0.4, -0.2) is 40.6 Å². The average Bonchev–Trinajstić information content (AvgIpc) is 3.41. The van der Waals surface area contributed by atoms with Crippen LogP contribution in [0.3, 0.4) is 0 Å². The van der Waals surface area contributed by atoms with E-state index in [-0.39, 0.29) is 11.8 Å². The number of nitrogens with zero attached hydrogens (tertiary/aromatic N) is 4. The van der Waals surface area contributed by atoms with E-state index < -0.39 is 0 Å². The Bertz CT molecular complexity index is 1070. The van der Waals surface area contributed by atoms with Gasteiger partial charge in [-0.3, -0.25) is 9.69 Å². The number of carbonyl (C=O) groups excluding carboxylic acids is 1. The van der Waals surface area contributed by atoms with Crippen LogP contribution >= 0.6 is 11.6 Å². The molecule has 2 aliphatic rings. The Morgan fingerprint density at radius 1 is 1.17 bits per heavy atom. The molecule has 154 valence electrons. The van der Waals surface area contributed by atoms with Crippen molar-refractivity contribution in [3.8, 4) is 11.4 Å². The van der Waals surface area contributed by atoms with E-state index in [1.54, 1.807) is 0 Å². The molecule has 3 heterocycles. The number of aromatic nitrogens is 2. The molecular weight excluding hydrogens is 400 g/mol. The van der Waals surface area contributed by atoms with Gasteiger partial charge in [-0.25, -0.2) is 0 Å². The summed E-state index contributed by atoms with van der Waals surface area (Å²) in [5.74, 6) is 1.32. The van der Waals surface area contributed by atoms with Crippen LogP contribution in [0.2, 0.25) is 5.02 Å². The summed E-state index contributed by atoms with van der Waals surface area (Å²) in [6.45, 7) is 2.97. The number of amides is 1.